The Labute approximate surface area is 99.2 Å². The molecule has 1 atom stereocenters. The van der Waals surface area contributed by atoms with E-state index in [-0.39, 0.29) is 11.9 Å². The minimum Gasteiger partial charge on any atom is -0.333 e. The lowest BCUT2D eigenvalue weighted by atomic mass is 10.2. The van der Waals surface area contributed by atoms with Gasteiger partial charge in [0.15, 0.2) is 0 Å². The van der Waals surface area contributed by atoms with Gasteiger partial charge in [-0.25, -0.2) is 0 Å². The molecule has 1 aliphatic rings. The van der Waals surface area contributed by atoms with Crippen LogP contribution in [-0.2, 0) is 11.3 Å². The van der Waals surface area contributed by atoms with Crippen LogP contribution in [-0.4, -0.2) is 39.9 Å². The van der Waals surface area contributed by atoms with E-state index in [2.05, 4.69) is 4.98 Å². The maximum atomic E-state index is 11.8. The SMILES string of the molecule is NCC1CSCC(=O)N1Cc1cccnc1. The van der Waals surface area contributed by atoms with Crippen LogP contribution in [0.1, 0.15) is 5.56 Å². The first kappa shape index (κ1) is 11.4. The second kappa shape index (κ2) is 5.32. The molecule has 2 rings (SSSR count). The fourth-order valence-corrected chi connectivity index (χ4v) is 2.81. The summed E-state index contributed by atoms with van der Waals surface area (Å²) in [6.45, 7) is 1.15. The minimum atomic E-state index is 0.159. The Kier molecular flexibility index (Phi) is 3.79. The maximum absolute atomic E-state index is 11.8. The predicted octanol–water partition coefficient (Wildman–Crippen LogP) is 0.484. The van der Waals surface area contributed by atoms with Gasteiger partial charge in [0.05, 0.1) is 11.8 Å². The van der Waals surface area contributed by atoms with Crippen molar-refractivity contribution in [3.8, 4) is 0 Å². The van der Waals surface area contributed by atoms with Crippen molar-refractivity contribution in [2.24, 2.45) is 5.73 Å². The number of nitrogens with two attached hydrogens (primary N) is 1. The largest absolute Gasteiger partial charge is 0.333 e. The number of hydrogen-bond donors (Lipinski definition) is 1. The molecule has 5 heteroatoms. The van der Waals surface area contributed by atoms with Crippen LogP contribution >= 0.6 is 11.8 Å². The number of pyridine rings is 1. The normalized spacial score (nSPS) is 21.2. The summed E-state index contributed by atoms with van der Waals surface area (Å²) in [6, 6.07) is 4.03. The number of hydrogen-bond acceptors (Lipinski definition) is 4. The highest BCUT2D eigenvalue weighted by Gasteiger charge is 2.27. The minimum absolute atomic E-state index is 0.159. The molecule has 1 aromatic rings. The zero-order chi connectivity index (χ0) is 11.4. The zero-order valence-corrected chi connectivity index (χ0v) is 9.82. The molecule has 16 heavy (non-hydrogen) atoms. The van der Waals surface area contributed by atoms with E-state index < -0.39 is 0 Å². The van der Waals surface area contributed by atoms with Crippen LogP contribution in [0.5, 0.6) is 0 Å². The number of aromatic nitrogens is 1. The summed E-state index contributed by atoms with van der Waals surface area (Å²) in [5.41, 5.74) is 6.74. The van der Waals surface area contributed by atoms with Crippen molar-refractivity contribution in [2.45, 2.75) is 12.6 Å². The monoisotopic (exact) mass is 237 g/mol. The molecule has 86 valence electrons. The average molecular weight is 237 g/mol. The summed E-state index contributed by atoms with van der Waals surface area (Å²) in [7, 11) is 0. The molecule has 0 bridgehead atoms. The molecule has 2 heterocycles. The molecule has 0 saturated carbocycles. The second-order valence-corrected chi connectivity index (χ2v) is 4.82. The molecule has 2 N–H and O–H groups in total. The van der Waals surface area contributed by atoms with Crippen LogP contribution < -0.4 is 5.73 Å². The summed E-state index contributed by atoms with van der Waals surface area (Å²) >= 11 is 1.66. The Hall–Kier alpha value is -1.07. The summed E-state index contributed by atoms with van der Waals surface area (Å²) in [5.74, 6) is 1.68. The number of carbonyl (C=O) groups excluding carboxylic acids is 1. The van der Waals surface area contributed by atoms with Gasteiger partial charge >= 0.3 is 0 Å². The van der Waals surface area contributed by atoms with E-state index in [0.29, 0.717) is 18.8 Å². The number of thioether (sulfide) groups is 1. The topological polar surface area (TPSA) is 59.2 Å². The Morgan fingerprint density at radius 2 is 2.50 bits per heavy atom. The van der Waals surface area contributed by atoms with Gasteiger partial charge < -0.3 is 10.6 Å². The van der Waals surface area contributed by atoms with Crippen LogP contribution in [0.2, 0.25) is 0 Å². The quantitative estimate of drug-likeness (QED) is 0.831. The van der Waals surface area contributed by atoms with Gasteiger partial charge in [-0.1, -0.05) is 6.07 Å². The van der Waals surface area contributed by atoms with E-state index in [4.69, 9.17) is 5.73 Å². The molecule has 1 aromatic heterocycles. The number of rotatable bonds is 3. The first-order valence-corrected chi connectivity index (χ1v) is 6.43. The smallest absolute Gasteiger partial charge is 0.233 e. The van der Waals surface area contributed by atoms with Crippen LogP contribution in [0.4, 0.5) is 0 Å². The number of nitrogens with zero attached hydrogens (tertiary/aromatic N) is 2. The Bertz CT molecular complexity index is 358. The molecule has 1 saturated heterocycles. The molecule has 1 fully saturated rings. The molecule has 0 radical (unpaired) electrons. The molecular weight excluding hydrogens is 222 g/mol. The lowest BCUT2D eigenvalue weighted by Gasteiger charge is -2.34. The highest BCUT2D eigenvalue weighted by molar-refractivity contribution is 8.00. The van der Waals surface area contributed by atoms with Gasteiger partial charge in [-0.05, 0) is 11.6 Å². The van der Waals surface area contributed by atoms with Gasteiger partial charge in [0.25, 0.3) is 0 Å². The van der Waals surface area contributed by atoms with Crippen LogP contribution in [0.25, 0.3) is 0 Å². The van der Waals surface area contributed by atoms with E-state index >= 15 is 0 Å². The van der Waals surface area contributed by atoms with Gasteiger partial charge in [-0.2, -0.15) is 0 Å². The van der Waals surface area contributed by atoms with Gasteiger partial charge in [-0.15, -0.1) is 11.8 Å². The highest BCUT2D eigenvalue weighted by atomic mass is 32.2. The standard InChI is InChI=1S/C11H15N3OS/c12-4-10-7-16-8-11(15)14(10)6-9-2-1-3-13-5-9/h1-3,5,10H,4,6-8,12H2. The molecule has 0 aromatic carbocycles. The Morgan fingerprint density at radius 1 is 1.62 bits per heavy atom. The van der Waals surface area contributed by atoms with Gasteiger partial charge in [0, 0.05) is 31.2 Å². The summed E-state index contributed by atoms with van der Waals surface area (Å²) in [4.78, 5) is 17.7. The van der Waals surface area contributed by atoms with E-state index in [1.165, 1.54) is 0 Å². The van der Waals surface area contributed by atoms with Crippen LogP contribution in [0.15, 0.2) is 24.5 Å². The Balaban J connectivity index is 2.08. The van der Waals surface area contributed by atoms with Gasteiger partial charge in [0.2, 0.25) is 5.91 Å². The lowest BCUT2D eigenvalue weighted by molar-refractivity contribution is -0.131. The first-order chi connectivity index (χ1) is 7.81. The molecule has 4 nitrogen and oxygen atoms in total. The molecular formula is C11H15N3OS. The van der Waals surface area contributed by atoms with E-state index in [9.17, 15) is 4.79 Å². The average Bonchev–Trinajstić information content (AvgIpc) is 2.33. The van der Waals surface area contributed by atoms with E-state index in [0.717, 1.165) is 11.3 Å². The van der Waals surface area contributed by atoms with E-state index in [1.807, 2.05) is 17.0 Å². The lowest BCUT2D eigenvalue weighted by Crippen LogP contribution is -2.49. The van der Waals surface area contributed by atoms with Crippen molar-refractivity contribution in [1.82, 2.24) is 9.88 Å². The molecule has 0 aliphatic carbocycles. The van der Waals surface area contributed by atoms with Crippen molar-refractivity contribution in [2.75, 3.05) is 18.1 Å². The molecule has 0 spiro atoms. The van der Waals surface area contributed by atoms with Crippen molar-refractivity contribution >= 4 is 17.7 Å². The third-order valence-electron chi connectivity index (χ3n) is 2.64. The zero-order valence-electron chi connectivity index (χ0n) is 9.00. The number of carbonyl (C=O) groups is 1. The molecule has 1 unspecified atom stereocenters. The molecule has 1 amide bonds. The number of amides is 1. The fourth-order valence-electron chi connectivity index (χ4n) is 1.76. The summed E-state index contributed by atoms with van der Waals surface area (Å²) in [5, 5.41) is 0. The fraction of sp³-hybridized carbons (Fsp3) is 0.455. The summed E-state index contributed by atoms with van der Waals surface area (Å²) in [6.07, 6.45) is 3.53. The third kappa shape index (κ3) is 2.54. The predicted molar refractivity (Wildman–Crippen MR) is 65.0 cm³/mol. The van der Waals surface area contributed by atoms with Crippen LogP contribution in [0.3, 0.4) is 0 Å². The van der Waals surface area contributed by atoms with Gasteiger partial charge in [-0.3, -0.25) is 9.78 Å². The van der Waals surface area contributed by atoms with Crippen molar-refractivity contribution in [1.29, 1.82) is 0 Å². The molecule has 1 aliphatic heterocycles. The maximum Gasteiger partial charge on any atom is 0.233 e. The van der Waals surface area contributed by atoms with Crippen molar-refractivity contribution in [3.05, 3.63) is 30.1 Å². The summed E-state index contributed by atoms with van der Waals surface area (Å²) < 4.78 is 0. The Morgan fingerprint density at radius 3 is 3.19 bits per heavy atom. The van der Waals surface area contributed by atoms with Crippen molar-refractivity contribution in [3.63, 3.8) is 0 Å². The van der Waals surface area contributed by atoms with Crippen LogP contribution in [0, 0.1) is 0 Å². The highest BCUT2D eigenvalue weighted by Crippen LogP contribution is 2.19. The third-order valence-corrected chi connectivity index (χ3v) is 3.72. The van der Waals surface area contributed by atoms with E-state index in [1.54, 1.807) is 24.2 Å². The van der Waals surface area contributed by atoms with Crippen molar-refractivity contribution < 1.29 is 4.79 Å². The second-order valence-electron chi connectivity index (χ2n) is 3.79. The first-order valence-electron chi connectivity index (χ1n) is 5.27. The van der Waals surface area contributed by atoms with Gasteiger partial charge in [0.1, 0.15) is 0 Å².